The third-order valence-corrected chi connectivity index (χ3v) is 4.38. The van der Waals surface area contributed by atoms with Crippen LogP contribution in [0.2, 0.25) is 0 Å². The molecule has 22 heavy (non-hydrogen) atoms. The van der Waals surface area contributed by atoms with E-state index >= 15 is 0 Å². The highest BCUT2D eigenvalue weighted by atomic mass is 16.5. The number of hydrogen-bond donors (Lipinski definition) is 1. The summed E-state index contributed by atoms with van der Waals surface area (Å²) >= 11 is 0. The van der Waals surface area contributed by atoms with Gasteiger partial charge in [0.15, 0.2) is 0 Å². The molecule has 2 atom stereocenters. The van der Waals surface area contributed by atoms with Crippen LogP contribution in [-0.4, -0.2) is 30.2 Å². The Labute approximate surface area is 130 Å². The van der Waals surface area contributed by atoms with E-state index in [4.69, 9.17) is 9.26 Å². The molecule has 0 saturated heterocycles. The summed E-state index contributed by atoms with van der Waals surface area (Å²) in [4.78, 5) is 24.3. The van der Waals surface area contributed by atoms with Gasteiger partial charge >= 0.3 is 5.97 Å². The Hall–Kier alpha value is -1.85. The van der Waals surface area contributed by atoms with Crippen LogP contribution in [0.5, 0.6) is 0 Å². The number of aryl methyl sites for hydroxylation is 2. The zero-order valence-corrected chi connectivity index (χ0v) is 13.5. The first kappa shape index (κ1) is 16.5. The largest absolute Gasteiger partial charge is 0.469 e. The van der Waals surface area contributed by atoms with Gasteiger partial charge in [-0.15, -0.1) is 0 Å². The number of nitrogens with zero attached hydrogens (tertiary/aromatic N) is 1. The van der Waals surface area contributed by atoms with Crippen molar-refractivity contribution in [2.45, 2.75) is 58.4 Å². The molecule has 0 aliphatic heterocycles. The molecule has 1 aromatic rings. The molecule has 0 bridgehead atoms. The van der Waals surface area contributed by atoms with E-state index in [1.165, 1.54) is 7.11 Å². The Balaban J connectivity index is 2.02. The fraction of sp³-hybridized carbons (Fsp3) is 0.688. The van der Waals surface area contributed by atoms with Crippen molar-refractivity contribution in [1.82, 2.24) is 10.5 Å². The number of esters is 1. The van der Waals surface area contributed by atoms with Gasteiger partial charge in [0, 0.05) is 11.6 Å². The summed E-state index contributed by atoms with van der Waals surface area (Å²) in [6, 6.07) is -0.150. The zero-order valence-electron chi connectivity index (χ0n) is 13.5. The monoisotopic (exact) mass is 308 g/mol. The van der Waals surface area contributed by atoms with Gasteiger partial charge in [-0.05, 0) is 26.7 Å². The highest BCUT2D eigenvalue weighted by Gasteiger charge is 2.31. The number of methoxy groups -OCH3 is 1. The van der Waals surface area contributed by atoms with Crippen LogP contribution < -0.4 is 5.32 Å². The number of carbonyl (C=O) groups excluding carboxylic acids is 2. The minimum atomic E-state index is -0.249. The van der Waals surface area contributed by atoms with Crippen LogP contribution in [0.1, 0.15) is 49.1 Å². The lowest BCUT2D eigenvalue weighted by molar-refractivity contribution is -0.147. The molecule has 0 unspecified atom stereocenters. The minimum absolute atomic E-state index is 0.102. The first-order valence-electron chi connectivity index (χ1n) is 7.82. The molecule has 1 aliphatic rings. The van der Waals surface area contributed by atoms with Crippen LogP contribution in [0, 0.1) is 19.8 Å². The van der Waals surface area contributed by atoms with Crippen molar-refractivity contribution in [2.24, 2.45) is 5.92 Å². The predicted molar refractivity (Wildman–Crippen MR) is 80.2 cm³/mol. The molecule has 1 saturated carbocycles. The maximum absolute atomic E-state index is 12.3. The fourth-order valence-electron chi connectivity index (χ4n) is 3.09. The van der Waals surface area contributed by atoms with Gasteiger partial charge in [-0.2, -0.15) is 0 Å². The molecule has 0 spiro atoms. The lowest BCUT2D eigenvalue weighted by Gasteiger charge is -2.24. The Morgan fingerprint density at radius 3 is 2.64 bits per heavy atom. The molecule has 6 heteroatoms. The van der Waals surface area contributed by atoms with Crippen molar-refractivity contribution in [2.75, 3.05) is 7.11 Å². The summed E-state index contributed by atoms with van der Waals surface area (Å²) in [5, 5.41) is 6.87. The molecule has 2 rings (SSSR count). The van der Waals surface area contributed by atoms with Crippen molar-refractivity contribution in [3.8, 4) is 0 Å². The maximum atomic E-state index is 12.3. The highest BCUT2D eigenvalue weighted by molar-refractivity contribution is 5.81. The molecule has 0 radical (unpaired) electrons. The van der Waals surface area contributed by atoms with E-state index < -0.39 is 0 Å². The Bertz CT molecular complexity index is 519. The molecule has 1 aliphatic carbocycles. The van der Waals surface area contributed by atoms with Crippen molar-refractivity contribution in [3.05, 3.63) is 17.0 Å². The number of hydrogen-bond acceptors (Lipinski definition) is 5. The number of ether oxygens (including phenoxy) is 1. The lowest BCUT2D eigenvalue weighted by Crippen LogP contribution is -2.43. The SMILES string of the molecule is COC(=O)[C@H]1CCCCC[C@@H]1NC(=O)Cc1c(C)noc1C. The van der Waals surface area contributed by atoms with Gasteiger partial charge in [-0.3, -0.25) is 9.59 Å². The topological polar surface area (TPSA) is 81.4 Å². The molecular weight excluding hydrogens is 284 g/mol. The van der Waals surface area contributed by atoms with E-state index in [2.05, 4.69) is 10.5 Å². The van der Waals surface area contributed by atoms with E-state index in [1.807, 2.05) is 6.92 Å². The van der Waals surface area contributed by atoms with Crippen LogP contribution >= 0.6 is 0 Å². The smallest absolute Gasteiger partial charge is 0.310 e. The van der Waals surface area contributed by atoms with Gasteiger partial charge in [0.05, 0.1) is 25.1 Å². The molecule has 6 nitrogen and oxygen atoms in total. The van der Waals surface area contributed by atoms with Crippen molar-refractivity contribution >= 4 is 11.9 Å². The quantitative estimate of drug-likeness (QED) is 0.680. The van der Waals surface area contributed by atoms with Crippen LogP contribution in [-0.2, 0) is 20.7 Å². The second-order valence-electron chi connectivity index (χ2n) is 5.92. The summed E-state index contributed by atoms with van der Waals surface area (Å²) in [5.74, 6) is 0.0823. The molecule has 1 amide bonds. The second-order valence-corrected chi connectivity index (χ2v) is 5.92. The van der Waals surface area contributed by atoms with Crippen LogP contribution in [0.3, 0.4) is 0 Å². The van der Waals surface area contributed by atoms with Gasteiger partial charge in [0.1, 0.15) is 5.76 Å². The summed E-state index contributed by atoms with van der Waals surface area (Å²) < 4.78 is 9.96. The normalized spacial score (nSPS) is 22.0. The standard InChI is InChI=1S/C16H24N2O4/c1-10-13(11(2)22-18-10)9-15(19)17-14-8-6-4-5-7-12(14)16(20)21-3/h12,14H,4-9H2,1-3H3,(H,17,19)/t12-,14-/m0/s1. The average molecular weight is 308 g/mol. The zero-order chi connectivity index (χ0) is 16.1. The van der Waals surface area contributed by atoms with Crippen molar-refractivity contribution in [1.29, 1.82) is 0 Å². The number of carbonyl (C=O) groups is 2. The van der Waals surface area contributed by atoms with Crippen molar-refractivity contribution in [3.63, 3.8) is 0 Å². The first-order chi connectivity index (χ1) is 10.5. The van der Waals surface area contributed by atoms with E-state index in [0.717, 1.165) is 43.4 Å². The third kappa shape index (κ3) is 3.87. The van der Waals surface area contributed by atoms with Crippen LogP contribution in [0.25, 0.3) is 0 Å². The Kier molecular flexibility index (Phi) is 5.57. The van der Waals surface area contributed by atoms with E-state index in [0.29, 0.717) is 5.76 Å². The Morgan fingerprint density at radius 1 is 1.27 bits per heavy atom. The third-order valence-electron chi connectivity index (χ3n) is 4.38. The molecule has 1 fully saturated rings. The second kappa shape index (κ2) is 7.42. The van der Waals surface area contributed by atoms with Gasteiger partial charge in [0.2, 0.25) is 5.91 Å². The molecule has 1 aromatic heterocycles. The van der Waals surface area contributed by atoms with Crippen LogP contribution in [0.15, 0.2) is 4.52 Å². The molecular formula is C16H24N2O4. The van der Waals surface area contributed by atoms with E-state index in [-0.39, 0.29) is 30.3 Å². The van der Waals surface area contributed by atoms with Gasteiger partial charge in [0.25, 0.3) is 0 Å². The van der Waals surface area contributed by atoms with Gasteiger partial charge < -0.3 is 14.6 Å². The summed E-state index contributed by atoms with van der Waals surface area (Å²) in [7, 11) is 1.40. The summed E-state index contributed by atoms with van der Waals surface area (Å²) in [6.45, 7) is 3.62. The van der Waals surface area contributed by atoms with Gasteiger partial charge in [-0.25, -0.2) is 0 Å². The van der Waals surface area contributed by atoms with E-state index in [1.54, 1.807) is 6.92 Å². The summed E-state index contributed by atoms with van der Waals surface area (Å²) in [5.41, 5.74) is 1.55. The predicted octanol–water partition coefficient (Wildman–Crippen LogP) is 2.07. The molecule has 1 heterocycles. The van der Waals surface area contributed by atoms with Gasteiger partial charge in [-0.1, -0.05) is 24.4 Å². The van der Waals surface area contributed by atoms with Crippen molar-refractivity contribution < 1.29 is 18.8 Å². The number of rotatable bonds is 4. The minimum Gasteiger partial charge on any atom is -0.469 e. The van der Waals surface area contributed by atoms with E-state index in [9.17, 15) is 9.59 Å². The number of amides is 1. The highest BCUT2D eigenvalue weighted by Crippen LogP contribution is 2.25. The number of aromatic nitrogens is 1. The average Bonchev–Trinajstić information content (AvgIpc) is 2.71. The number of nitrogens with one attached hydrogen (secondary N) is 1. The summed E-state index contributed by atoms with van der Waals surface area (Å²) in [6.07, 6.45) is 4.91. The van der Waals surface area contributed by atoms with Crippen LogP contribution in [0.4, 0.5) is 0 Å². The fourth-order valence-corrected chi connectivity index (χ4v) is 3.09. The first-order valence-corrected chi connectivity index (χ1v) is 7.82. The Morgan fingerprint density at radius 2 is 2.00 bits per heavy atom. The lowest BCUT2D eigenvalue weighted by atomic mass is 9.94. The molecule has 1 N–H and O–H groups in total. The maximum Gasteiger partial charge on any atom is 0.310 e. The molecule has 0 aromatic carbocycles. The molecule has 122 valence electrons.